The van der Waals surface area contributed by atoms with Gasteiger partial charge in [-0.3, -0.25) is 9.59 Å². The molecule has 0 saturated heterocycles. The number of rotatable bonds is 17. The maximum atomic E-state index is 12.3. The summed E-state index contributed by atoms with van der Waals surface area (Å²) in [6.45, 7) is 4.20. The van der Waals surface area contributed by atoms with Crippen LogP contribution in [0.15, 0.2) is 35.0 Å². The van der Waals surface area contributed by atoms with Gasteiger partial charge in [0.05, 0.1) is 12.4 Å². The molecule has 1 heterocycles. The van der Waals surface area contributed by atoms with Gasteiger partial charge in [-0.1, -0.05) is 57.6 Å². The van der Waals surface area contributed by atoms with Gasteiger partial charge in [-0.15, -0.1) is 0 Å². The highest BCUT2D eigenvalue weighted by atomic mass is 16.3. The number of allylic oxidation sites excluding steroid dienone is 1. The smallest absolute Gasteiger partial charge is 0.220 e. The molecule has 1 aliphatic rings. The lowest BCUT2D eigenvalue weighted by Gasteiger charge is -2.16. The minimum atomic E-state index is -0.382. The second kappa shape index (κ2) is 15.9. The molecule has 1 amide bonds. The van der Waals surface area contributed by atoms with Gasteiger partial charge in [-0.05, 0) is 57.1 Å². The van der Waals surface area contributed by atoms with Crippen molar-refractivity contribution in [2.24, 2.45) is 11.8 Å². The molecule has 33 heavy (non-hydrogen) atoms. The highest BCUT2D eigenvalue weighted by Crippen LogP contribution is 2.34. The molecule has 1 aliphatic carbocycles. The lowest BCUT2D eigenvalue weighted by Crippen LogP contribution is -2.32. The molecule has 1 aromatic rings. The Morgan fingerprint density at radius 3 is 2.79 bits per heavy atom. The molecule has 1 aromatic heterocycles. The van der Waals surface area contributed by atoms with Crippen molar-refractivity contribution >= 4 is 11.7 Å². The van der Waals surface area contributed by atoms with Crippen molar-refractivity contribution in [3.63, 3.8) is 0 Å². The summed E-state index contributed by atoms with van der Waals surface area (Å²) in [4.78, 5) is 24.5. The molecule has 0 unspecified atom stereocenters. The molecule has 2 N–H and O–H groups in total. The number of Topliss-reactive ketones (excluding diaryl/α,β-unsaturated/α-hetero) is 1. The van der Waals surface area contributed by atoms with Crippen LogP contribution in [0.2, 0.25) is 0 Å². The van der Waals surface area contributed by atoms with Crippen LogP contribution in [0.25, 0.3) is 0 Å². The monoisotopic (exact) mass is 459 g/mol. The quantitative estimate of drug-likeness (QED) is 0.216. The number of aliphatic hydroxyl groups is 1. The number of carbonyl (C=O) groups is 2. The van der Waals surface area contributed by atoms with Gasteiger partial charge in [0.2, 0.25) is 5.91 Å². The minimum absolute atomic E-state index is 0.113. The molecule has 0 aromatic carbocycles. The van der Waals surface area contributed by atoms with Crippen LogP contribution < -0.4 is 5.32 Å². The second-order valence-electron chi connectivity index (χ2n) is 9.76. The Balaban J connectivity index is 1.55. The molecule has 0 spiro atoms. The zero-order valence-electron chi connectivity index (χ0n) is 20.8. The summed E-state index contributed by atoms with van der Waals surface area (Å²) < 4.78 is 5.33. The summed E-state index contributed by atoms with van der Waals surface area (Å²) in [5.74, 6) is 1.86. The summed E-state index contributed by atoms with van der Waals surface area (Å²) >= 11 is 0. The van der Waals surface area contributed by atoms with E-state index in [1.807, 2.05) is 25.1 Å². The van der Waals surface area contributed by atoms with Gasteiger partial charge in [0.25, 0.3) is 0 Å². The average Bonchev–Trinajstić information content (AvgIpc) is 3.43. The molecule has 0 aliphatic heterocycles. The molecule has 0 bridgehead atoms. The molecular formula is C28H45NO4. The van der Waals surface area contributed by atoms with Crippen molar-refractivity contribution in [3.8, 4) is 0 Å². The minimum Gasteiger partial charge on any atom is -0.469 e. The van der Waals surface area contributed by atoms with Gasteiger partial charge in [-0.25, -0.2) is 0 Å². The Kier molecular flexibility index (Phi) is 13.2. The third-order valence-corrected chi connectivity index (χ3v) is 6.82. The fraction of sp³-hybridized carbons (Fsp3) is 0.714. The predicted molar refractivity (Wildman–Crippen MR) is 133 cm³/mol. The van der Waals surface area contributed by atoms with Crippen molar-refractivity contribution in [2.75, 3.05) is 0 Å². The van der Waals surface area contributed by atoms with Crippen molar-refractivity contribution < 1.29 is 19.1 Å². The van der Waals surface area contributed by atoms with E-state index < -0.39 is 0 Å². The van der Waals surface area contributed by atoms with Crippen molar-refractivity contribution in [3.05, 3.63) is 36.3 Å². The van der Waals surface area contributed by atoms with Gasteiger partial charge in [0.15, 0.2) is 0 Å². The van der Waals surface area contributed by atoms with Gasteiger partial charge < -0.3 is 14.8 Å². The number of carbonyl (C=O) groups excluding carboxylic acids is 2. The summed E-state index contributed by atoms with van der Waals surface area (Å²) in [6, 6.07) is 3.99. The van der Waals surface area contributed by atoms with Crippen molar-refractivity contribution in [1.29, 1.82) is 0 Å². The van der Waals surface area contributed by atoms with Crippen LogP contribution in [0.3, 0.4) is 0 Å². The van der Waals surface area contributed by atoms with Crippen LogP contribution in [0.5, 0.6) is 0 Å². The fourth-order valence-electron chi connectivity index (χ4n) is 4.75. The first-order valence-corrected chi connectivity index (χ1v) is 13.2. The molecule has 1 saturated carbocycles. The van der Waals surface area contributed by atoms with E-state index in [0.717, 1.165) is 82.8 Å². The fourth-order valence-corrected chi connectivity index (χ4v) is 4.75. The lowest BCUT2D eigenvalue weighted by atomic mass is 9.89. The molecule has 2 rings (SSSR count). The van der Waals surface area contributed by atoms with Crippen LogP contribution in [0.4, 0.5) is 0 Å². The first-order chi connectivity index (χ1) is 16.0. The maximum Gasteiger partial charge on any atom is 0.220 e. The van der Waals surface area contributed by atoms with Crippen LogP contribution >= 0.6 is 0 Å². The maximum absolute atomic E-state index is 12.3. The predicted octanol–water partition coefficient (Wildman–Crippen LogP) is 6.15. The molecular weight excluding hydrogens is 414 g/mol. The number of nitrogens with one attached hydrogen (secondary N) is 1. The SMILES string of the molecule is CCCCC[C@H](O)/C=C/[C@H]1CCC(=O)[C@@H]1CCCCCCC(=O)N[C@H](C)CCc1ccco1. The zero-order chi connectivity index (χ0) is 23.9. The molecule has 186 valence electrons. The highest BCUT2D eigenvalue weighted by Gasteiger charge is 2.32. The molecule has 1 fully saturated rings. The van der Waals surface area contributed by atoms with Crippen molar-refractivity contribution in [2.45, 2.75) is 116 Å². The van der Waals surface area contributed by atoms with Gasteiger partial charge in [0.1, 0.15) is 11.5 Å². The number of amides is 1. The van der Waals surface area contributed by atoms with Crippen LogP contribution in [0.1, 0.15) is 103 Å². The zero-order valence-corrected chi connectivity index (χ0v) is 20.8. The van der Waals surface area contributed by atoms with E-state index in [-0.39, 0.29) is 29.9 Å². The number of hydrogen-bond donors (Lipinski definition) is 2. The Hall–Kier alpha value is -1.88. The highest BCUT2D eigenvalue weighted by molar-refractivity contribution is 5.83. The molecule has 5 heteroatoms. The number of hydrogen-bond acceptors (Lipinski definition) is 4. The van der Waals surface area contributed by atoms with Crippen LogP contribution in [-0.4, -0.2) is 28.9 Å². The number of aryl methyl sites for hydroxylation is 1. The first kappa shape index (κ1) is 27.4. The lowest BCUT2D eigenvalue weighted by molar-refractivity contribution is -0.122. The van der Waals surface area contributed by atoms with E-state index in [1.54, 1.807) is 6.26 Å². The Bertz CT molecular complexity index is 697. The van der Waals surface area contributed by atoms with Crippen LogP contribution in [-0.2, 0) is 16.0 Å². The van der Waals surface area contributed by atoms with E-state index in [9.17, 15) is 14.7 Å². The van der Waals surface area contributed by atoms with Crippen molar-refractivity contribution in [1.82, 2.24) is 5.32 Å². The Labute approximate surface area is 200 Å². The normalized spacial score (nSPS) is 20.4. The number of unbranched alkanes of at least 4 members (excludes halogenated alkanes) is 5. The van der Waals surface area contributed by atoms with Gasteiger partial charge in [-0.2, -0.15) is 0 Å². The topological polar surface area (TPSA) is 79.5 Å². The summed E-state index contributed by atoms with van der Waals surface area (Å²) in [5.41, 5.74) is 0. The van der Waals surface area contributed by atoms with E-state index >= 15 is 0 Å². The summed E-state index contributed by atoms with van der Waals surface area (Å²) in [5, 5.41) is 13.2. The Morgan fingerprint density at radius 2 is 2.03 bits per heavy atom. The van der Waals surface area contributed by atoms with E-state index in [2.05, 4.69) is 18.3 Å². The third kappa shape index (κ3) is 11.2. The number of ketones is 1. The number of furan rings is 1. The third-order valence-electron chi connectivity index (χ3n) is 6.82. The van der Waals surface area contributed by atoms with Gasteiger partial charge in [0, 0.05) is 31.2 Å². The number of aliphatic hydroxyl groups excluding tert-OH is 1. The first-order valence-electron chi connectivity index (χ1n) is 13.2. The standard InChI is InChI=1S/C28H45NO4/c1-3-4-7-11-24(30)18-16-23-17-20-27(31)26(23)13-8-5-6-9-14-28(32)29-22(2)15-19-25-12-10-21-33-25/h10,12,16,18,21-24,26,30H,3-9,11,13-15,17,19-20H2,1-2H3,(H,29,32)/b18-16+/t22-,23+,24+,26-/m1/s1. The van der Waals surface area contributed by atoms with Gasteiger partial charge >= 0.3 is 0 Å². The molecule has 4 atom stereocenters. The van der Waals surface area contributed by atoms with E-state index in [1.165, 1.54) is 0 Å². The molecule has 5 nitrogen and oxygen atoms in total. The second-order valence-corrected chi connectivity index (χ2v) is 9.76. The largest absolute Gasteiger partial charge is 0.469 e. The van der Waals surface area contributed by atoms with E-state index in [0.29, 0.717) is 18.6 Å². The van der Waals surface area contributed by atoms with Crippen LogP contribution in [0, 0.1) is 11.8 Å². The Morgan fingerprint density at radius 1 is 1.21 bits per heavy atom. The molecule has 0 radical (unpaired) electrons. The van der Waals surface area contributed by atoms with E-state index in [4.69, 9.17) is 4.42 Å². The summed E-state index contributed by atoms with van der Waals surface area (Å²) in [7, 11) is 0. The summed E-state index contributed by atoms with van der Waals surface area (Å²) in [6.07, 6.45) is 18.3. The average molecular weight is 460 g/mol.